The van der Waals surface area contributed by atoms with Crippen LogP contribution in [0.4, 0.5) is 0 Å². The summed E-state index contributed by atoms with van der Waals surface area (Å²) in [6.07, 6.45) is 4.54. The van der Waals surface area contributed by atoms with Gasteiger partial charge in [-0.05, 0) is 22.9 Å². The SMILES string of the molecule is CC(O)c1cn2cncc(Br)c2n1. The van der Waals surface area contributed by atoms with E-state index in [-0.39, 0.29) is 0 Å². The van der Waals surface area contributed by atoms with E-state index in [2.05, 4.69) is 25.9 Å². The Bertz CT molecular complexity index is 438. The average molecular weight is 242 g/mol. The molecule has 2 aromatic rings. The van der Waals surface area contributed by atoms with E-state index in [9.17, 15) is 5.11 Å². The van der Waals surface area contributed by atoms with Gasteiger partial charge in [-0.3, -0.25) is 4.40 Å². The molecule has 2 heterocycles. The van der Waals surface area contributed by atoms with Crippen LogP contribution >= 0.6 is 15.9 Å². The minimum Gasteiger partial charge on any atom is -0.387 e. The van der Waals surface area contributed by atoms with Gasteiger partial charge in [0.25, 0.3) is 0 Å². The predicted octanol–water partition coefficient (Wildman–Crippen LogP) is 1.55. The van der Waals surface area contributed by atoms with E-state index in [1.54, 1.807) is 30.0 Å². The Morgan fingerprint density at radius 1 is 1.62 bits per heavy atom. The molecule has 0 fully saturated rings. The van der Waals surface area contributed by atoms with Crippen LogP contribution in [0.15, 0.2) is 23.2 Å². The van der Waals surface area contributed by atoms with Crippen LogP contribution in [0, 0.1) is 0 Å². The molecule has 0 radical (unpaired) electrons. The van der Waals surface area contributed by atoms with Gasteiger partial charge in [0.05, 0.1) is 16.3 Å². The third-order valence-corrected chi connectivity index (χ3v) is 2.33. The largest absolute Gasteiger partial charge is 0.387 e. The summed E-state index contributed by atoms with van der Waals surface area (Å²) in [6.45, 7) is 1.68. The first-order valence-corrected chi connectivity index (χ1v) is 4.64. The molecule has 0 amide bonds. The molecule has 2 rings (SSSR count). The van der Waals surface area contributed by atoms with Crippen LogP contribution < -0.4 is 0 Å². The fourth-order valence-corrected chi connectivity index (χ4v) is 1.52. The van der Waals surface area contributed by atoms with Crippen LogP contribution in [0.1, 0.15) is 18.7 Å². The van der Waals surface area contributed by atoms with E-state index in [4.69, 9.17) is 0 Å². The number of fused-ring (bicyclic) bond motifs is 1. The molecule has 0 saturated heterocycles. The second-order valence-corrected chi connectivity index (χ2v) is 3.67. The fraction of sp³-hybridized carbons (Fsp3) is 0.250. The van der Waals surface area contributed by atoms with Gasteiger partial charge in [0.15, 0.2) is 5.65 Å². The van der Waals surface area contributed by atoms with Crippen molar-refractivity contribution in [2.24, 2.45) is 0 Å². The van der Waals surface area contributed by atoms with Gasteiger partial charge in [-0.1, -0.05) is 0 Å². The lowest BCUT2D eigenvalue weighted by Gasteiger charge is -1.94. The number of nitrogens with zero attached hydrogens (tertiary/aromatic N) is 3. The number of aromatic nitrogens is 3. The van der Waals surface area contributed by atoms with Crippen molar-refractivity contribution in [1.29, 1.82) is 0 Å². The first-order chi connectivity index (χ1) is 6.18. The van der Waals surface area contributed by atoms with Crippen LogP contribution in [-0.2, 0) is 0 Å². The van der Waals surface area contributed by atoms with Crippen molar-refractivity contribution in [3.8, 4) is 0 Å². The van der Waals surface area contributed by atoms with Crippen molar-refractivity contribution in [2.45, 2.75) is 13.0 Å². The Kier molecular flexibility index (Phi) is 2.05. The maximum absolute atomic E-state index is 9.30. The highest BCUT2D eigenvalue weighted by atomic mass is 79.9. The smallest absolute Gasteiger partial charge is 0.154 e. The number of aliphatic hydroxyl groups is 1. The van der Waals surface area contributed by atoms with Crippen molar-refractivity contribution in [3.05, 3.63) is 28.9 Å². The molecule has 0 saturated carbocycles. The van der Waals surface area contributed by atoms with E-state index < -0.39 is 6.10 Å². The zero-order valence-corrected chi connectivity index (χ0v) is 8.56. The summed E-state index contributed by atoms with van der Waals surface area (Å²) in [6, 6.07) is 0. The molecular formula is C8H8BrN3O. The summed E-state index contributed by atoms with van der Waals surface area (Å²) in [5.41, 5.74) is 1.42. The van der Waals surface area contributed by atoms with Crippen molar-refractivity contribution >= 4 is 21.6 Å². The van der Waals surface area contributed by atoms with Crippen LogP contribution in [-0.4, -0.2) is 19.5 Å². The molecule has 0 spiro atoms. The number of aliphatic hydroxyl groups excluding tert-OH is 1. The molecule has 0 bridgehead atoms. The highest BCUT2D eigenvalue weighted by Crippen LogP contribution is 2.18. The maximum atomic E-state index is 9.30. The number of hydrogen-bond acceptors (Lipinski definition) is 3. The summed E-state index contributed by atoms with van der Waals surface area (Å²) in [5, 5.41) is 9.30. The molecule has 13 heavy (non-hydrogen) atoms. The summed E-state index contributed by atoms with van der Waals surface area (Å²) < 4.78 is 2.59. The molecule has 0 aliphatic carbocycles. The molecule has 0 aliphatic rings. The molecule has 68 valence electrons. The molecule has 2 aromatic heterocycles. The second-order valence-electron chi connectivity index (χ2n) is 2.81. The Labute approximate surface area is 83.4 Å². The molecule has 4 nitrogen and oxygen atoms in total. The normalized spacial score (nSPS) is 13.5. The molecular weight excluding hydrogens is 234 g/mol. The minimum atomic E-state index is -0.549. The lowest BCUT2D eigenvalue weighted by atomic mass is 10.3. The first-order valence-electron chi connectivity index (χ1n) is 3.84. The van der Waals surface area contributed by atoms with E-state index in [0.717, 1.165) is 10.1 Å². The Morgan fingerprint density at radius 3 is 3.00 bits per heavy atom. The van der Waals surface area contributed by atoms with E-state index in [0.29, 0.717) is 5.69 Å². The van der Waals surface area contributed by atoms with Gasteiger partial charge in [-0.2, -0.15) is 0 Å². The predicted molar refractivity (Wildman–Crippen MR) is 51.3 cm³/mol. The lowest BCUT2D eigenvalue weighted by molar-refractivity contribution is 0.195. The zero-order chi connectivity index (χ0) is 9.42. The molecule has 1 atom stereocenters. The van der Waals surface area contributed by atoms with Gasteiger partial charge in [0.1, 0.15) is 6.33 Å². The average Bonchev–Trinajstić information content (AvgIpc) is 2.49. The monoisotopic (exact) mass is 241 g/mol. The number of hydrogen-bond donors (Lipinski definition) is 1. The Hall–Kier alpha value is -0.940. The highest BCUT2D eigenvalue weighted by molar-refractivity contribution is 9.10. The molecule has 0 aromatic carbocycles. The van der Waals surface area contributed by atoms with Crippen LogP contribution in [0.25, 0.3) is 5.65 Å². The summed E-state index contributed by atoms with van der Waals surface area (Å²) in [5.74, 6) is 0. The van der Waals surface area contributed by atoms with Gasteiger partial charge in [-0.15, -0.1) is 0 Å². The first kappa shape index (κ1) is 8.65. The van der Waals surface area contributed by atoms with Gasteiger partial charge in [0, 0.05) is 12.4 Å². The zero-order valence-electron chi connectivity index (χ0n) is 6.98. The van der Waals surface area contributed by atoms with Crippen LogP contribution in [0.3, 0.4) is 0 Å². The quantitative estimate of drug-likeness (QED) is 0.825. The number of rotatable bonds is 1. The van der Waals surface area contributed by atoms with Gasteiger partial charge in [0.2, 0.25) is 0 Å². The van der Waals surface area contributed by atoms with Crippen LogP contribution in [0.2, 0.25) is 0 Å². The van der Waals surface area contributed by atoms with E-state index in [1.807, 2.05) is 0 Å². The van der Waals surface area contributed by atoms with E-state index >= 15 is 0 Å². The minimum absolute atomic E-state index is 0.549. The van der Waals surface area contributed by atoms with E-state index in [1.165, 1.54) is 0 Å². The number of halogens is 1. The summed E-state index contributed by atoms with van der Waals surface area (Å²) in [7, 11) is 0. The highest BCUT2D eigenvalue weighted by Gasteiger charge is 2.08. The standard InChI is InChI=1S/C8H8BrN3O/c1-5(13)7-3-12-4-10-2-6(9)8(12)11-7/h2-5,13H,1H3. The van der Waals surface area contributed by atoms with Gasteiger partial charge < -0.3 is 5.11 Å². The molecule has 5 heteroatoms. The van der Waals surface area contributed by atoms with Crippen molar-refractivity contribution < 1.29 is 5.11 Å². The molecule has 1 unspecified atom stereocenters. The summed E-state index contributed by atoms with van der Waals surface area (Å²) >= 11 is 3.33. The van der Waals surface area contributed by atoms with Crippen molar-refractivity contribution in [3.63, 3.8) is 0 Å². The molecule has 1 N–H and O–H groups in total. The third kappa shape index (κ3) is 1.45. The third-order valence-electron chi connectivity index (χ3n) is 1.77. The van der Waals surface area contributed by atoms with Gasteiger partial charge >= 0.3 is 0 Å². The van der Waals surface area contributed by atoms with Crippen molar-refractivity contribution in [1.82, 2.24) is 14.4 Å². The maximum Gasteiger partial charge on any atom is 0.154 e. The number of imidazole rings is 1. The Morgan fingerprint density at radius 2 is 2.38 bits per heavy atom. The topological polar surface area (TPSA) is 50.4 Å². The van der Waals surface area contributed by atoms with Crippen molar-refractivity contribution in [2.75, 3.05) is 0 Å². The Balaban J connectivity index is 2.68. The van der Waals surface area contributed by atoms with Crippen LogP contribution in [0.5, 0.6) is 0 Å². The fourth-order valence-electron chi connectivity index (χ4n) is 1.11. The van der Waals surface area contributed by atoms with Gasteiger partial charge in [-0.25, -0.2) is 9.97 Å². The molecule has 0 aliphatic heterocycles. The summed E-state index contributed by atoms with van der Waals surface area (Å²) in [4.78, 5) is 8.22. The lowest BCUT2D eigenvalue weighted by Crippen LogP contribution is -1.89. The second kappa shape index (κ2) is 3.08.